The third-order valence-corrected chi connectivity index (χ3v) is 12.0. The second-order valence-electron chi connectivity index (χ2n) is 15.2. The van der Waals surface area contributed by atoms with Gasteiger partial charge in [-0.2, -0.15) is 0 Å². The van der Waals surface area contributed by atoms with Crippen LogP contribution in [0.3, 0.4) is 0 Å². The van der Waals surface area contributed by atoms with Crippen molar-refractivity contribution in [3.8, 4) is 44.5 Å². The van der Waals surface area contributed by atoms with Gasteiger partial charge < -0.3 is 0 Å². The lowest BCUT2D eigenvalue weighted by Crippen LogP contribution is -2.15. The van der Waals surface area contributed by atoms with Gasteiger partial charge in [-0.3, -0.25) is 0 Å². The van der Waals surface area contributed by atoms with Crippen LogP contribution in [0.15, 0.2) is 182 Å². The first-order valence-electron chi connectivity index (χ1n) is 18.7. The highest BCUT2D eigenvalue weighted by Crippen LogP contribution is 2.53. The summed E-state index contributed by atoms with van der Waals surface area (Å²) in [6, 6.07) is 67.9. The van der Waals surface area contributed by atoms with Crippen LogP contribution in [0.5, 0.6) is 0 Å². The van der Waals surface area contributed by atoms with Gasteiger partial charge in [-0.25, -0.2) is 0 Å². The maximum atomic E-state index is 2.45. The van der Waals surface area contributed by atoms with E-state index in [9.17, 15) is 0 Å². The molecule has 11 rings (SSSR count). The Morgan fingerprint density at radius 1 is 0.302 bits per heavy atom. The highest BCUT2D eigenvalue weighted by atomic mass is 14.4. The lowest BCUT2D eigenvalue weighted by molar-refractivity contribution is 0.666. The van der Waals surface area contributed by atoms with E-state index in [4.69, 9.17) is 0 Å². The highest BCUT2D eigenvalue weighted by Gasteiger charge is 2.37. The predicted octanol–water partition coefficient (Wildman–Crippen LogP) is 14.8. The highest BCUT2D eigenvalue weighted by molar-refractivity contribution is 6.25. The molecule has 10 aromatic carbocycles. The van der Waals surface area contributed by atoms with Crippen molar-refractivity contribution in [3.63, 3.8) is 0 Å². The molecule has 0 spiro atoms. The molecule has 0 heteroatoms. The summed E-state index contributed by atoms with van der Waals surface area (Å²) in [5, 5.41) is 12.8. The minimum absolute atomic E-state index is 0.0731. The van der Waals surface area contributed by atoms with Gasteiger partial charge in [-0.05, 0) is 116 Å². The first-order valence-corrected chi connectivity index (χ1v) is 18.7. The van der Waals surface area contributed by atoms with Gasteiger partial charge in [0.15, 0.2) is 0 Å². The maximum absolute atomic E-state index is 2.45. The quantitative estimate of drug-likeness (QED) is 0.164. The van der Waals surface area contributed by atoms with E-state index < -0.39 is 0 Å². The van der Waals surface area contributed by atoms with Crippen molar-refractivity contribution in [1.29, 1.82) is 0 Å². The smallest absolute Gasteiger partial charge is 0.0165 e. The molecule has 0 radical (unpaired) electrons. The van der Waals surface area contributed by atoms with E-state index in [-0.39, 0.29) is 5.41 Å². The molecule has 0 fully saturated rings. The molecule has 0 bridgehead atoms. The third-order valence-electron chi connectivity index (χ3n) is 12.0. The van der Waals surface area contributed by atoms with Crippen LogP contribution in [0, 0.1) is 0 Å². The van der Waals surface area contributed by atoms with Crippen molar-refractivity contribution >= 4 is 53.9 Å². The van der Waals surface area contributed by atoms with Crippen LogP contribution in [-0.2, 0) is 5.41 Å². The molecular formula is C53H36. The molecule has 0 aromatic heterocycles. The average molecular weight is 673 g/mol. The largest absolute Gasteiger partial charge is 0.0616 e. The summed E-state index contributed by atoms with van der Waals surface area (Å²) in [5.41, 5.74) is 13.1. The summed E-state index contributed by atoms with van der Waals surface area (Å²) in [7, 11) is 0. The van der Waals surface area contributed by atoms with Gasteiger partial charge in [-0.1, -0.05) is 190 Å². The first kappa shape index (κ1) is 30.2. The van der Waals surface area contributed by atoms with Crippen LogP contribution < -0.4 is 0 Å². The zero-order valence-electron chi connectivity index (χ0n) is 29.8. The van der Waals surface area contributed by atoms with Crippen LogP contribution >= 0.6 is 0 Å². The Kier molecular flexibility index (Phi) is 6.40. The molecule has 0 saturated heterocycles. The van der Waals surface area contributed by atoms with Crippen molar-refractivity contribution in [2.24, 2.45) is 0 Å². The maximum Gasteiger partial charge on any atom is 0.0165 e. The van der Waals surface area contributed by atoms with Gasteiger partial charge in [0.1, 0.15) is 0 Å². The third kappa shape index (κ3) is 4.30. The molecule has 1 aliphatic rings. The molecule has 0 N–H and O–H groups in total. The van der Waals surface area contributed by atoms with Crippen LogP contribution in [0.25, 0.3) is 98.4 Å². The summed E-state index contributed by atoms with van der Waals surface area (Å²) >= 11 is 0. The van der Waals surface area contributed by atoms with E-state index in [0.29, 0.717) is 0 Å². The van der Waals surface area contributed by atoms with Crippen LogP contribution in [-0.4, -0.2) is 0 Å². The molecule has 248 valence electrons. The van der Waals surface area contributed by atoms with Crippen molar-refractivity contribution in [2.75, 3.05) is 0 Å². The molecule has 53 heavy (non-hydrogen) atoms. The summed E-state index contributed by atoms with van der Waals surface area (Å²) in [6.45, 7) is 4.77. The minimum Gasteiger partial charge on any atom is -0.0616 e. The van der Waals surface area contributed by atoms with E-state index in [2.05, 4.69) is 196 Å². The monoisotopic (exact) mass is 672 g/mol. The summed E-state index contributed by atoms with van der Waals surface area (Å²) in [4.78, 5) is 0. The zero-order valence-corrected chi connectivity index (χ0v) is 29.8. The Balaban J connectivity index is 1.15. The van der Waals surface area contributed by atoms with E-state index in [0.717, 1.165) is 0 Å². The fourth-order valence-corrected chi connectivity index (χ4v) is 9.70. The molecule has 10 aromatic rings. The Labute approximate surface area is 309 Å². The average Bonchev–Trinajstić information content (AvgIpc) is 3.45. The Bertz CT molecular complexity index is 3080. The van der Waals surface area contributed by atoms with Crippen molar-refractivity contribution in [2.45, 2.75) is 19.3 Å². The number of hydrogen-bond acceptors (Lipinski definition) is 0. The normalized spacial score (nSPS) is 13.2. The van der Waals surface area contributed by atoms with E-state index in [1.807, 2.05) is 0 Å². The summed E-state index contributed by atoms with van der Waals surface area (Å²) in [5.74, 6) is 0. The fraction of sp³-hybridized carbons (Fsp3) is 0.0566. The number of benzene rings is 10. The van der Waals surface area contributed by atoms with Gasteiger partial charge in [0, 0.05) is 5.41 Å². The Hall–Kier alpha value is -6.50. The first-order chi connectivity index (χ1) is 26.1. The Morgan fingerprint density at radius 3 is 1.40 bits per heavy atom. The molecule has 0 saturated carbocycles. The second-order valence-corrected chi connectivity index (χ2v) is 15.2. The van der Waals surface area contributed by atoms with Gasteiger partial charge in [0.05, 0.1) is 0 Å². The standard InChI is InChI=1S/C53H36/c1-53(2)49-31-27-35(32-48(49)47-28-26-34-15-4-6-18-38(34)52(47)53)37-29-30-46(40-20-8-7-19-39(37)40)51-44-23-11-9-21-42(44)50(43-22-10-12-24-45(43)51)41-25-13-16-33-14-3-5-17-36(33)41/h3-32H,1-2H3. The molecule has 0 unspecified atom stereocenters. The summed E-state index contributed by atoms with van der Waals surface area (Å²) < 4.78 is 0. The summed E-state index contributed by atoms with van der Waals surface area (Å²) in [6.07, 6.45) is 0. The van der Waals surface area contributed by atoms with Gasteiger partial charge in [0.2, 0.25) is 0 Å². The second kappa shape index (κ2) is 11.2. The number of fused-ring (bicyclic) bond motifs is 9. The molecule has 0 heterocycles. The molecule has 0 nitrogen and oxygen atoms in total. The topological polar surface area (TPSA) is 0 Å². The van der Waals surface area contributed by atoms with Gasteiger partial charge in [-0.15, -0.1) is 0 Å². The van der Waals surface area contributed by atoms with Crippen molar-refractivity contribution in [1.82, 2.24) is 0 Å². The van der Waals surface area contributed by atoms with E-state index >= 15 is 0 Å². The SMILES string of the molecule is CC1(C)c2ccc(-c3ccc(-c4c5ccccc5c(-c5cccc6ccccc56)c5ccccc45)c4ccccc34)cc2-c2ccc3ccccc3c21. The number of rotatable bonds is 3. The van der Waals surface area contributed by atoms with Crippen LogP contribution in [0.1, 0.15) is 25.0 Å². The van der Waals surface area contributed by atoms with Crippen molar-refractivity contribution in [3.05, 3.63) is 193 Å². The lowest BCUT2D eigenvalue weighted by Gasteiger charge is -2.23. The van der Waals surface area contributed by atoms with E-state index in [1.54, 1.807) is 0 Å². The Morgan fingerprint density at radius 2 is 0.755 bits per heavy atom. The van der Waals surface area contributed by atoms with Crippen molar-refractivity contribution < 1.29 is 0 Å². The molecule has 1 aliphatic carbocycles. The molecular weight excluding hydrogens is 637 g/mol. The molecule has 0 aliphatic heterocycles. The fourth-order valence-electron chi connectivity index (χ4n) is 9.70. The predicted molar refractivity (Wildman–Crippen MR) is 228 cm³/mol. The van der Waals surface area contributed by atoms with Gasteiger partial charge >= 0.3 is 0 Å². The lowest BCUT2D eigenvalue weighted by atomic mass is 9.80. The number of hydrogen-bond donors (Lipinski definition) is 0. The molecule has 0 atom stereocenters. The van der Waals surface area contributed by atoms with E-state index in [1.165, 1.54) is 109 Å². The van der Waals surface area contributed by atoms with Crippen LogP contribution in [0.4, 0.5) is 0 Å². The van der Waals surface area contributed by atoms with Gasteiger partial charge in [0.25, 0.3) is 0 Å². The minimum atomic E-state index is -0.0731. The zero-order chi connectivity index (χ0) is 35.3. The molecule has 0 amide bonds. The van der Waals surface area contributed by atoms with Crippen LogP contribution in [0.2, 0.25) is 0 Å².